The van der Waals surface area contributed by atoms with E-state index in [1.807, 2.05) is 12.1 Å². The van der Waals surface area contributed by atoms with E-state index < -0.39 is 10.7 Å². The van der Waals surface area contributed by atoms with E-state index >= 15 is 0 Å². The van der Waals surface area contributed by atoms with Gasteiger partial charge >= 0.3 is 0 Å². The molecule has 5 nitrogen and oxygen atoms in total. The van der Waals surface area contributed by atoms with Crippen LogP contribution in [0.4, 0.5) is 10.1 Å². The van der Waals surface area contributed by atoms with Crippen LogP contribution in [0.5, 0.6) is 5.75 Å². The number of hydrogen-bond acceptors (Lipinski definition) is 4. The van der Waals surface area contributed by atoms with Crippen molar-refractivity contribution in [1.82, 2.24) is 0 Å². The molecule has 0 aliphatic heterocycles. The molecule has 2 N–H and O–H groups in total. The highest BCUT2D eigenvalue weighted by Crippen LogP contribution is 2.21. The molecule has 0 heterocycles. The van der Waals surface area contributed by atoms with Crippen molar-refractivity contribution in [3.8, 4) is 5.75 Å². The maximum Gasteiger partial charge on any atom is 0.272 e. The molecule has 0 aliphatic carbocycles. The maximum atomic E-state index is 13.3. The second-order valence-electron chi connectivity index (χ2n) is 4.18. The van der Waals surface area contributed by atoms with Gasteiger partial charge in [-0.25, -0.2) is 4.39 Å². The van der Waals surface area contributed by atoms with Gasteiger partial charge in [-0.05, 0) is 17.7 Å². The first-order valence-corrected chi connectivity index (χ1v) is 5.95. The number of nitro benzene ring substituents is 1. The molecule has 20 heavy (non-hydrogen) atoms. The molecule has 2 aromatic carbocycles. The Morgan fingerprint density at radius 1 is 1.25 bits per heavy atom. The lowest BCUT2D eigenvalue weighted by Gasteiger charge is -2.10. The summed E-state index contributed by atoms with van der Waals surface area (Å²) in [6, 6.07) is 10.6. The van der Waals surface area contributed by atoms with Gasteiger partial charge in [0.15, 0.2) is 0 Å². The summed E-state index contributed by atoms with van der Waals surface area (Å²) < 4.78 is 18.8. The molecule has 0 radical (unpaired) electrons. The number of para-hydroxylation sites is 1. The van der Waals surface area contributed by atoms with Crippen molar-refractivity contribution < 1.29 is 14.1 Å². The molecule has 0 amide bonds. The lowest BCUT2D eigenvalue weighted by atomic mass is 10.2. The van der Waals surface area contributed by atoms with Gasteiger partial charge in [0.1, 0.15) is 18.2 Å². The van der Waals surface area contributed by atoms with Crippen LogP contribution in [0.25, 0.3) is 0 Å². The number of nitrogens with zero attached hydrogens (tertiary/aromatic N) is 1. The number of ether oxygens (including phenoxy) is 1. The molecule has 104 valence electrons. The van der Waals surface area contributed by atoms with Crippen LogP contribution < -0.4 is 10.5 Å². The second-order valence-corrected chi connectivity index (χ2v) is 4.18. The monoisotopic (exact) mass is 276 g/mol. The normalized spacial score (nSPS) is 10.3. The second kappa shape index (κ2) is 6.12. The SMILES string of the molecule is NCc1ccccc1OCc1cc(F)cc([N+](=O)[O-])c1. The number of non-ortho nitro benzene ring substituents is 1. The Kier molecular flexibility index (Phi) is 4.27. The molecule has 0 unspecified atom stereocenters. The summed E-state index contributed by atoms with van der Waals surface area (Å²) in [5.41, 5.74) is 6.49. The quantitative estimate of drug-likeness (QED) is 0.672. The number of nitro groups is 1. The number of nitrogens with two attached hydrogens (primary N) is 1. The van der Waals surface area contributed by atoms with E-state index in [-0.39, 0.29) is 12.3 Å². The number of halogens is 1. The van der Waals surface area contributed by atoms with Gasteiger partial charge in [-0.1, -0.05) is 18.2 Å². The minimum absolute atomic E-state index is 0.0373. The molecule has 0 aromatic heterocycles. The van der Waals surface area contributed by atoms with E-state index in [0.717, 1.165) is 11.6 Å². The van der Waals surface area contributed by atoms with Gasteiger partial charge in [0.25, 0.3) is 5.69 Å². The van der Waals surface area contributed by atoms with Crippen LogP contribution in [0.2, 0.25) is 0 Å². The first kappa shape index (κ1) is 14.0. The first-order valence-electron chi connectivity index (χ1n) is 5.95. The summed E-state index contributed by atoms with van der Waals surface area (Å²) >= 11 is 0. The van der Waals surface area contributed by atoms with Crippen molar-refractivity contribution in [3.63, 3.8) is 0 Å². The Hall–Kier alpha value is -2.47. The smallest absolute Gasteiger partial charge is 0.272 e. The largest absolute Gasteiger partial charge is 0.489 e. The number of rotatable bonds is 5. The van der Waals surface area contributed by atoms with Gasteiger partial charge in [0, 0.05) is 18.2 Å². The molecule has 2 aromatic rings. The van der Waals surface area contributed by atoms with Crippen molar-refractivity contribution in [3.05, 3.63) is 69.5 Å². The lowest BCUT2D eigenvalue weighted by Crippen LogP contribution is -2.03. The van der Waals surface area contributed by atoms with E-state index in [4.69, 9.17) is 10.5 Å². The fourth-order valence-electron chi connectivity index (χ4n) is 1.80. The molecule has 0 bridgehead atoms. The van der Waals surface area contributed by atoms with Crippen molar-refractivity contribution in [2.24, 2.45) is 5.73 Å². The summed E-state index contributed by atoms with van der Waals surface area (Å²) in [7, 11) is 0. The molecule has 0 saturated carbocycles. The topological polar surface area (TPSA) is 78.4 Å². The minimum atomic E-state index is -0.662. The number of hydrogen-bond donors (Lipinski definition) is 1. The standard InChI is InChI=1S/C14H13FN2O3/c15-12-5-10(6-13(7-12)17(18)19)9-20-14-4-2-1-3-11(14)8-16/h1-7H,8-9,16H2. The van der Waals surface area contributed by atoms with Crippen LogP contribution in [-0.2, 0) is 13.2 Å². The highest BCUT2D eigenvalue weighted by Gasteiger charge is 2.10. The molecule has 0 atom stereocenters. The van der Waals surface area contributed by atoms with Crippen LogP contribution >= 0.6 is 0 Å². The van der Waals surface area contributed by atoms with Crippen molar-refractivity contribution >= 4 is 5.69 Å². The Morgan fingerprint density at radius 2 is 2.00 bits per heavy atom. The van der Waals surface area contributed by atoms with E-state index in [1.54, 1.807) is 12.1 Å². The van der Waals surface area contributed by atoms with E-state index in [2.05, 4.69) is 0 Å². The van der Waals surface area contributed by atoms with E-state index in [9.17, 15) is 14.5 Å². The minimum Gasteiger partial charge on any atom is -0.489 e. The predicted octanol–water partition coefficient (Wildman–Crippen LogP) is 2.77. The average Bonchev–Trinajstić information content (AvgIpc) is 2.44. The summed E-state index contributed by atoms with van der Waals surface area (Å²) in [6.07, 6.45) is 0. The zero-order valence-electron chi connectivity index (χ0n) is 10.6. The number of benzene rings is 2. The summed E-state index contributed by atoms with van der Waals surface area (Å²) in [5.74, 6) is -0.0770. The van der Waals surface area contributed by atoms with Gasteiger partial charge in [-0.15, -0.1) is 0 Å². The zero-order valence-corrected chi connectivity index (χ0v) is 10.6. The highest BCUT2D eigenvalue weighted by atomic mass is 19.1. The Labute approximate surface area is 114 Å². The van der Waals surface area contributed by atoms with Crippen LogP contribution in [0.3, 0.4) is 0 Å². The zero-order chi connectivity index (χ0) is 14.5. The maximum absolute atomic E-state index is 13.3. The molecule has 2 rings (SSSR count). The highest BCUT2D eigenvalue weighted by molar-refractivity contribution is 5.36. The first-order chi connectivity index (χ1) is 9.60. The molecule has 0 spiro atoms. The Balaban J connectivity index is 2.16. The van der Waals surface area contributed by atoms with Crippen LogP contribution in [0, 0.1) is 15.9 Å². The Bertz CT molecular complexity index is 632. The molecule has 0 aliphatic rings. The molecular formula is C14H13FN2O3. The average molecular weight is 276 g/mol. The van der Waals surface area contributed by atoms with Gasteiger partial charge in [0.05, 0.1) is 11.0 Å². The van der Waals surface area contributed by atoms with Crippen LogP contribution in [0.15, 0.2) is 42.5 Å². The van der Waals surface area contributed by atoms with Gasteiger partial charge < -0.3 is 10.5 Å². The predicted molar refractivity (Wildman–Crippen MR) is 71.7 cm³/mol. The van der Waals surface area contributed by atoms with Crippen molar-refractivity contribution in [2.75, 3.05) is 0 Å². The van der Waals surface area contributed by atoms with Gasteiger partial charge in [-0.3, -0.25) is 10.1 Å². The molecule has 0 fully saturated rings. The third-order valence-corrected chi connectivity index (χ3v) is 2.74. The lowest BCUT2D eigenvalue weighted by molar-refractivity contribution is -0.385. The third kappa shape index (κ3) is 3.30. The van der Waals surface area contributed by atoms with Gasteiger partial charge in [0.2, 0.25) is 0 Å². The van der Waals surface area contributed by atoms with E-state index in [0.29, 0.717) is 17.9 Å². The fourth-order valence-corrected chi connectivity index (χ4v) is 1.80. The Morgan fingerprint density at radius 3 is 2.70 bits per heavy atom. The van der Waals surface area contributed by atoms with Gasteiger partial charge in [-0.2, -0.15) is 0 Å². The summed E-state index contributed by atoms with van der Waals surface area (Å²) in [4.78, 5) is 10.0. The molecule has 0 saturated heterocycles. The van der Waals surface area contributed by atoms with Crippen molar-refractivity contribution in [1.29, 1.82) is 0 Å². The molecule has 6 heteroatoms. The fraction of sp³-hybridized carbons (Fsp3) is 0.143. The van der Waals surface area contributed by atoms with Crippen LogP contribution in [-0.4, -0.2) is 4.92 Å². The third-order valence-electron chi connectivity index (χ3n) is 2.74. The molecular weight excluding hydrogens is 263 g/mol. The summed E-state index contributed by atoms with van der Waals surface area (Å²) in [5, 5.41) is 10.7. The van der Waals surface area contributed by atoms with E-state index in [1.165, 1.54) is 12.1 Å². The van der Waals surface area contributed by atoms with Crippen LogP contribution in [0.1, 0.15) is 11.1 Å². The van der Waals surface area contributed by atoms with Crippen molar-refractivity contribution in [2.45, 2.75) is 13.2 Å². The summed E-state index contributed by atoms with van der Waals surface area (Å²) in [6.45, 7) is 0.356.